The number of hydrogen-bond acceptors (Lipinski definition) is 6. The molecule has 0 saturated carbocycles. The van der Waals surface area contributed by atoms with Crippen molar-refractivity contribution < 1.29 is 9.21 Å². The minimum atomic E-state index is 0.0723. The Morgan fingerprint density at radius 2 is 2.08 bits per heavy atom. The summed E-state index contributed by atoms with van der Waals surface area (Å²) in [5.41, 5.74) is 0. The topological polar surface area (TPSA) is 62.5 Å². The molecule has 134 valence electrons. The summed E-state index contributed by atoms with van der Waals surface area (Å²) in [6, 6.07) is 4.76. The lowest BCUT2D eigenvalue weighted by molar-refractivity contribution is -0.130. The Morgan fingerprint density at radius 3 is 2.84 bits per heavy atom. The molecule has 0 bridgehead atoms. The van der Waals surface area contributed by atoms with Crippen LogP contribution in [0.5, 0.6) is 0 Å². The lowest BCUT2D eigenvalue weighted by atomic mass is 10.0. The van der Waals surface area contributed by atoms with Gasteiger partial charge in [0.15, 0.2) is 0 Å². The van der Waals surface area contributed by atoms with Crippen LogP contribution in [-0.2, 0) is 4.79 Å². The first kappa shape index (κ1) is 16.7. The Balaban J connectivity index is 1.53. The maximum Gasteiger partial charge on any atom is 0.257 e. The fraction of sp³-hybridized carbons (Fsp3) is 0.611. The molecule has 0 N–H and O–H groups in total. The summed E-state index contributed by atoms with van der Waals surface area (Å²) in [5.74, 6) is 1.46. The van der Waals surface area contributed by atoms with Crippen molar-refractivity contribution in [2.24, 2.45) is 0 Å². The molecule has 2 aromatic rings. The van der Waals surface area contributed by atoms with Gasteiger partial charge >= 0.3 is 0 Å². The second kappa shape index (κ2) is 6.88. The number of carbonyl (C=O) groups is 1. The molecule has 3 atom stereocenters. The summed E-state index contributed by atoms with van der Waals surface area (Å²) < 4.78 is 5.95. The summed E-state index contributed by atoms with van der Waals surface area (Å²) >= 11 is 1.60. The highest BCUT2D eigenvalue weighted by Crippen LogP contribution is 2.36. The Labute approximate surface area is 151 Å². The lowest BCUT2D eigenvalue weighted by Gasteiger charge is -2.36. The fourth-order valence-electron chi connectivity index (χ4n) is 4.34. The smallest absolute Gasteiger partial charge is 0.257 e. The number of aromatic nitrogens is 2. The molecule has 1 amide bonds. The van der Waals surface area contributed by atoms with Gasteiger partial charge < -0.3 is 9.32 Å². The molecule has 0 aromatic carbocycles. The highest BCUT2D eigenvalue weighted by Gasteiger charge is 2.41. The Morgan fingerprint density at radius 1 is 1.28 bits per heavy atom. The normalized spacial score (nSPS) is 25.6. The molecule has 2 aliphatic heterocycles. The molecule has 4 heterocycles. The van der Waals surface area contributed by atoms with Crippen molar-refractivity contribution in [1.82, 2.24) is 20.0 Å². The van der Waals surface area contributed by atoms with Gasteiger partial charge in [-0.2, -0.15) is 0 Å². The SMILES string of the molecule is CC(=O)N1CCC[C@@H]1[C@@H]1CCCN1[C@@H](C)c1nnc(-c2cccs2)o1. The van der Waals surface area contributed by atoms with E-state index in [0.717, 1.165) is 43.6 Å². The van der Waals surface area contributed by atoms with Crippen LogP contribution < -0.4 is 0 Å². The average Bonchev–Trinajstić information content (AvgIpc) is 3.41. The van der Waals surface area contributed by atoms with Crippen molar-refractivity contribution in [3.8, 4) is 10.8 Å². The van der Waals surface area contributed by atoms with Crippen molar-refractivity contribution in [2.75, 3.05) is 13.1 Å². The Hall–Kier alpha value is -1.73. The standard InChI is InChI=1S/C18H24N4O2S/c1-12(17-19-20-18(24-17)16-8-5-11-25-16)21-9-3-6-14(21)15-7-4-10-22(15)13(2)23/h5,8,11-12,14-15H,3-4,6-7,9-10H2,1-2H3/t12-,14-,15+/m0/s1. The van der Waals surface area contributed by atoms with E-state index >= 15 is 0 Å². The number of hydrogen-bond donors (Lipinski definition) is 0. The molecule has 0 spiro atoms. The fourth-order valence-corrected chi connectivity index (χ4v) is 4.98. The van der Waals surface area contributed by atoms with Crippen molar-refractivity contribution in [3.63, 3.8) is 0 Å². The predicted octanol–water partition coefficient (Wildman–Crippen LogP) is 3.33. The quantitative estimate of drug-likeness (QED) is 0.837. The molecule has 2 aliphatic rings. The number of thiophene rings is 1. The molecule has 0 unspecified atom stereocenters. The van der Waals surface area contributed by atoms with Crippen LogP contribution in [0.15, 0.2) is 21.9 Å². The lowest BCUT2D eigenvalue weighted by Crippen LogP contribution is -2.48. The molecule has 2 fully saturated rings. The maximum atomic E-state index is 12.0. The van der Waals surface area contributed by atoms with Gasteiger partial charge in [-0.1, -0.05) is 6.07 Å². The van der Waals surface area contributed by atoms with E-state index in [1.54, 1.807) is 18.3 Å². The van der Waals surface area contributed by atoms with E-state index in [4.69, 9.17) is 4.42 Å². The zero-order chi connectivity index (χ0) is 17.4. The van der Waals surface area contributed by atoms with Gasteiger partial charge in [-0.05, 0) is 50.6 Å². The molecule has 0 radical (unpaired) electrons. The van der Waals surface area contributed by atoms with Gasteiger partial charge in [0.05, 0.1) is 10.9 Å². The van der Waals surface area contributed by atoms with Crippen LogP contribution >= 0.6 is 11.3 Å². The largest absolute Gasteiger partial charge is 0.418 e. The first-order valence-electron chi connectivity index (χ1n) is 9.05. The van der Waals surface area contributed by atoms with Crippen LogP contribution in [-0.4, -0.2) is 51.1 Å². The monoisotopic (exact) mass is 360 g/mol. The van der Waals surface area contributed by atoms with E-state index in [1.165, 1.54) is 0 Å². The van der Waals surface area contributed by atoms with Crippen molar-refractivity contribution in [3.05, 3.63) is 23.4 Å². The van der Waals surface area contributed by atoms with E-state index in [9.17, 15) is 4.79 Å². The van der Waals surface area contributed by atoms with Crippen molar-refractivity contribution in [2.45, 2.75) is 57.7 Å². The third-order valence-corrected chi connectivity index (χ3v) is 6.38. The van der Waals surface area contributed by atoms with E-state index in [1.807, 2.05) is 17.5 Å². The number of likely N-dealkylation sites (tertiary alicyclic amines) is 2. The molecule has 4 rings (SSSR count). The summed E-state index contributed by atoms with van der Waals surface area (Å²) in [5, 5.41) is 10.5. The molecular weight excluding hydrogens is 336 g/mol. The average molecular weight is 360 g/mol. The third kappa shape index (κ3) is 3.11. The highest BCUT2D eigenvalue weighted by atomic mass is 32.1. The van der Waals surface area contributed by atoms with Gasteiger partial charge in [0.2, 0.25) is 11.8 Å². The second-order valence-corrected chi connectivity index (χ2v) is 7.92. The summed E-state index contributed by atoms with van der Waals surface area (Å²) in [4.78, 5) is 17.5. The summed E-state index contributed by atoms with van der Waals surface area (Å²) in [6.45, 7) is 5.73. The minimum Gasteiger partial charge on any atom is -0.418 e. The van der Waals surface area contributed by atoms with Gasteiger partial charge in [-0.15, -0.1) is 21.5 Å². The molecule has 6 nitrogen and oxygen atoms in total. The number of nitrogens with zero attached hydrogens (tertiary/aromatic N) is 4. The minimum absolute atomic E-state index is 0.0723. The van der Waals surface area contributed by atoms with Crippen LogP contribution in [0, 0.1) is 0 Å². The highest BCUT2D eigenvalue weighted by molar-refractivity contribution is 7.13. The third-order valence-electron chi connectivity index (χ3n) is 5.52. The number of amides is 1. The van der Waals surface area contributed by atoms with Gasteiger partial charge in [0, 0.05) is 25.6 Å². The molecular formula is C18H24N4O2S. The van der Waals surface area contributed by atoms with Gasteiger partial charge in [0.1, 0.15) is 0 Å². The second-order valence-electron chi connectivity index (χ2n) is 6.97. The van der Waals surface area contributed by atoms with E-state index in [0.29, 0.717) is 23.9 Å². The first-order valence-corrected chi connectivity index (χ1v) is 9.93. The van der Waals surface area contributed by atoms with Crippen LogP contribution in [0.25, 0.3) is 10.8 Å². The maximum absolute atomic E-state index is 12.0. The van der Waals surface area contributed by atoms with E-state index in [2.05, 4.69) is 26.9 Å². The van der Waals surface area contributed by atoms with Gasteiger partial charge in [-0.3, -0.25) is 9.69 Å². The Kier molecular flexibility index (Phi) is 4.60. The number of carbonyl (C=O) groups excluding carboxylic acids is 1. The Bertz CT molecular complexity index is 729. The van der Waals surface area contributed by atoms with Crippen LogP contribution in [0.1, 0.15) is 51.5 Å². The summed E-state index contributed by atoms with van der Waals surface area (Å²) in [7, 11) is 0. The molecule has 7 heteroatoms. The van der Waals surface area contributed by atoms with Gasteiger partial charge in [0.25, 0.3) is 5.89 Å². The van der Waals surface area contributed by atoms with Crippen LogP contribution in [0.2, 0.25) is 0 Å². The van der Waals surface area contributed by atoms with Crippen molar-refractivity contribution in [1.29, 1.82) is 0 Å². The molecule has 2 saturated heterocycles. The van der Waals surface area contributed by atoms with Crippen LogP contribution in [0.4, 0.5) is 0 Å². The van der Waals surface area contributed by atoms with Crippen molar-refractivity contribution >= 4 is 17.2 Å². The van der Waals surface area contributed by atoms with Gasteiger partial charge in [-0.25, -0.2) is 0 Å². The van der Waals surface area contributed by atoms with Crippen LogP contribution in [0.3, 0.4) is 0 Å². The molecule has 2 aromatic heterocycles. The van der Waals surface area contributed by atoms with E-state index < -0.39 is 0 Å². The molecule has 0 aliphatic carbocycles. The zero-order valence-corrected chi connectivity index (χ0v) is 15.5. The zero-order valence-electron chi connectivity index (χ0n) is 14.7. The predicted molar refractivity (Wildman–Crippen MR) is 96.2 cm³/mol. The number of rotatable bonds is 4. The molecule has 25 heavy (non-hydrogen) atoms. The first-order chi connectivity index (χ1) is 12.1. The summed E-state index contributed by atoms with van der Waals surface area (Å²) in [6.07, 6.45) is 4.48. The van der Waals surface area contributed by atoms with E-state index in [-0.39, 0.29) is 11.9 Å².